The smallest absolute Gasteiger partial charge is 0.342 e. The zero-order valence-corrected chi connectivity index (χ0v) is 29.8. The van der Waals surface area contributed by atoms with Crippen molar-refractivity contribution in [2.75, 3.05) is 32.6 Å². The van der Waals surface area contributed by atoms with Crippen LogP contribution in [0.5, 0.6) is 0 Å². The Hall–Kier alpha value is -2.98. The van der Waals surface area contributed by atoms with Crippen LogP contribution in [-0.2, 0) is 38.5 Å². The number of carbonyl (C=O) groups is 2. The van der Waals surface area contributed by atoms with Gasteiger partial charge in [0.15, 0.2) is 11.4 Å². The lowest BCUT2D eigenvalue weighted by Gasteiger charge is -2.29. The Morgan fingerprint density at radius 1 is 1.06 bits per heavy atom. The van der Waals surface area contributed by atoms with Gasteiger partial charge in [-0.3, -0.25) is 19.1 Å². The molecule has 0 spiro atoms. The lowest BCUT2D eigenvalue weighted by atomic mass is 9.92. The van der Waals surface area contributed by atoms with Gasteiger partial charge in [-0.2, -0.15) is 5.10 Å². The van der Waals surface area contributed by atoms with Crippen molar-refractivity contribution in [3.63, 3.8) is 0 Å². The number of rotatable bonds is 19. The largest absolute Gasteiger partial charge is 0.464 e. The topological polar surface area (TPSA) is 221 Å². The number of nitrogen functional groups attached to an aromatic ring is 1. The average Bonchev–Trinajstić information content (AvgIpc) is 3.61. The number of hydrogen-bond donors (Lipinski definition) is 5. The highest BCUT2D eigenvalue weighted by Gasteiger charge is 2.56. The van der Waals surface area contributed by atoms with Crippen molar-refractivity contribution >= 4 is 37.2 Å². The summed E-state index contributed by atoms with van der Waals surface area (Å²) in [4.78, 5) is 33.8. The maximum absolute atomic E-state index is 14.3. The number of carbonyl (C=O) groups excluding carboxylic acids is 2. The van der Waals surface area contributed by atoms with E-state index in [0.29, 0.717) is 11.2 Å². The minimum Gasteiger partial charge on any atom is -0.464 e. The molecular weight excluding hydrogens is 645 g/mol. The summed E-state index contributed by atoms with van der Waals surface area (Å²) in [6, 6.07) is 1.01. The van der Waals surface area contributed by atoms with Crippen LogP contribution in [0.3, 0.4) is 0 Å². The molecule has 2 aromatic rings. The van der Waals surface area contributed by atoms with Gasteiger partial charge in [-0.05, 0) is 37.8 Å². The van der Waals surface area contributed by atoms with Gasteiger partial charge in [0.25, 0.3) is 0 Å². The van der Waals surface area contributed by atoms with Crippen molar-refractivity contribution in [2.24, 2.45) is 16.8 Å². The molecule has 16 nitrogen and oxygen atoms in total. The summed E-state index contributed by atoms with van der Waals surface area (Å²) < 4.78 is 38.7. The van der Waals surface area contributed by atoms with Gasteiger partial charge < -0.3 is 34.7 Å². The predicted molar refractivity (Wildman–Crippen MR) is 179 cm³/mol. The van der Waals surface area contributed by atoms with Crippen molar-refractivity contribution < 1.29 is 43.1 Å². The van der Waals surface area contributed by atoms with E-state index in [-0.39, 0.29) is 30.9 Å². The van der Waals surface area contributed by atoms with Gasteiger partial charge in [0.1, 0.15) is 42.2 Å². The third-order valence-electron chi connectivity index (χ3n) is 8.78. The van der Waals surface area contributed by atoms with Gasteiger partial charge in [-0.1, -0.05) is 53.4 Å². The molecule has 1 fully saturated rings. The van der Waals surface area contributed by atoms with E-state index >= 15 is 0 Å². The van der Waals surface area contributed by atoms with Crippen LogP contribution in [0, 0.1) is 11.8 Å². The second-order valence-corrected chi connectivity index (χ2v) is 14.0. The number of aromatic nitrogens is 3. The van der Waals surface area contributed by atoms with Gasteiger partial charge in [-0.15, -0.1) is 0 Å². The summed E-state index contributed by atoms with van der Waals surface area (Å²) in [6.07, 6.45) is 1.49. The van der Waals surface area contributed by atoms with Crippen LogP contribution >= 0.6 is 7.67 Å². The Kier molecular flexibility index (Phi) is 14.5. The van der Waals surface area contributed by atoms with E-state index < -0.39 is 62.2 Å². The Morgan fingerprint density at radius 2 is 1.60 bits per heavy atom. The molecule has 3 heterocycles. The molecule has 0 aliphatic carbocycles. The summed E-state index contributed by atoms with van der Waals surface area (Å²) in [5.74, 6) is -0.794. The maximum Gasteiger partial charge on any atom is 0.342 e. The van der Waals surface area contributed by atoms with Crippen LogP contribution in [0.4, 0.5) is 5.82 Å². The average molecular weight is 698 g/mol. The van der Waals surface area contributed by atoms with Crippen LogP contribution < -0.4 is 15.9 Å². The van der Waals surface area contributed by atoms with Gasteiger partial charge in [0.2, 0.25) is 0 Å². The maximum atomic E-state index is 14.3. The van der Waals surface area contributed by atoms with Crippen LogP contribution in [0.25, 0.3) is 5.52 Å². The highest BCUT2D eigenvalue weighted by molar-refractivity contribution is 7.54. The van der Waals surface area contributed by atoms with Crippen molar-refractivity contribution in [3.8, 4) is 0 Å². The van der Waals surface area contributed by atoms with E-state index in [9.17, 15) is 24.4 Å². The van der Waals surface area contributed by atoms with E-state index in [1.165, 1.54) is 38.0 Å². The number of fused-ring (bicyclic) bond motifs is 1. The van der Waals surface area contributed by atoms with Crippen molar-refractivity contribution in [2.45, 2.75) is 103 Å². The number of ether oxygens (including phenoxy) is 3. The number of nitrogens with one attached hydrogen (secondary N) is 2. The van der Waals surface area contributed by atoms with Crippen molar-refractivity contribution in [3.05, 3.63) is 24.2 Å². The Morgan fingerprint density at radius 3 is 2.10 bits per heavy atom. The van der Waals surface area contributed by atoms with Crippen LogP contribution in [0.15, 0.2) is 23.5 Å². The molecule has 17 heteroatoms. The number of aliphatic imine (C=N–C) groups is 1. The second-order valence-electron chi connectivity index (χ2n) is 12.1. The molecule has 1 aliphatic heterocycles. The van der Waals surface area contributed by atoms with Gasteiger partial charge in [0.05, 0.1) is 25.5 Å². The molecule has 3 rings (SSSR count). The fourth-order valence-electron chi connectivity index (χ4n) is 5.41. The highest BCUT2D eigenvalue weighted by Crippen LogP contribution is 2.44. The van der Waals surface area contributed by atoms with Gasteiger partial charge in [0, 0.05) is 13.3 Å². The van der Waals surface area contributed by atoms with Crippen molar-refractivity contribution in [1.82, 2.24) is 24.8 Å². The number of nitrogens with two attached hydrogens (primary N) is 1. The summed E-state index contributed by atoms with van der Waals surface area (Å²) >= 11 is 0. The fourth-order valence-corrected chi connectivity index (χ4v) is 7.22. The molecule has 270 valence electrons. The monoisotopic (exact) mass is 697 g/mol. The van der Waals surface area contributed by atoms with E-state index in [2.05, 4.69) is 25.2 Å². The molecule has 0 unspecified atom stereocenters. The second kappa shape index (κ2) is 17.6. The summed E-state index contributed by atoms with van der Waals surface area (Å²) in [5, 5.41) is 32.0. The van der Waals surface area contributed by atoms with Crippen LogP contribution in [-0.4, -0.2) is 100 Å². The fraction of sp³-hybridized carbons (Fsp3) is 0.710. The first-order valence-corrected chi connectivity index (χ1v) is 18.1. The summed E-state index contributed by atoms with van der Waals surface area (Å²) in [7, 11) is -2.80. The van der Waals surface area contributed by atoms with Crippen LogP contribution in [0.2, 0.25) is 0 Å². The highest BCUT2D eigenvalue weighted by atomic mass is 31.2. The molecule has 6 atom stereocenters. The first-order chi connectivity index (χ1) is 22.8. The van der Waals surface area contributed by atoms with E-state index in [0.717, 1.165) is 25.7 Å². The number of anilines is 1. The van der Waals surface area contributed by atoms with Gasteiger partial charge >= 0.3 is 19.6 Å². The number of esters is 2. The summed E-state index contributed by atoms with van der Waals surface area (Å²) in [6.45, 7) is 10.8. The Bertz CT molecular complexity index is 1390. The quantitative estimate of drug-likeness (QED) is 0.0808. The molecule has 6 N–H and O–H groups in total. The zero-order chi connectivity index (χ0) is 35.6. The summed E-state index contributed by atoms with van der Waals surface area (Å²) in [5.41, 5.74) is 5.03. The third-order valence-corrected chi connectivity index (χ3v) is 10.7. The Labute approximate surface area is 281 Å². The molecule has 48 heavy (non-hydrogen) atoms. The molecular formula is C31H52N7O9P. The number of nitrogens with zero attached hydrogens (tertiary/aromatic N) is 4. The molecule has 2 aromatic heterocycles. The lowest BCUT2D eigenvalue weighted by Crippen LogP contribution is -2.44. The molecule has 0 radical (unpaired) electrons. The van der Waals surface area contributed by atoms with E-state index in [1.807, 2.05) is 27.7 Å². The Balaban J connectivity index is 1.84. The normalized spacial score (nSPS) is 22.9. The minimum absolute atomic E-state index is 0.173. The first kappa shape index (κ1) is 39.5. The number of aliphatic hydroxyl groups is 2. The SMILES string of the molecule is CCC(CC)COC(=O)[C@H](C)NP(=O)(N[C@@H](C)C(=O)OCC(CC)CC)OC[C@H]1O[C@@](C=NC)(c2ccc3c(N)ncnn23)[C@H](O)[C@@H]1O. The lowest BCUT2D eigenvalue weighted by molar-refractivity contribution is -0.147. The van der Waals surface area contributed by atoms with Crippen LogP contribution in [0.1, 0.15) is 72.9 Å². The molecule has 0 amide bonds. The van der Waals surface area contributed by atoms with E-state index in [4.69, 9.17) is 24.5 Å². The standard InChI is InChI=1S/C31H52N7O9P/c1-8-21(9-2)14-44-29(41)19(5)36-48(43,37-20(6)30(42)45-15-22(10-3)11-4)46-16-24-26(39)27(40)31(47-24,17-33-7)25-13-12-23-28(32)34-18-35-38(23)25/h12-13,17-22,24,26-27,39-40H,8-11,14-16H2,1-7H3,(H2,32,34,35)(H2,36,37,43)/t19-,20-,24+,26+,27+,31-/m0/s1. The van der Waals surface area contributed by atoms with Crippen molar-refractivity contribution in [1.29, 1.82) is 0 Å². The molecule has 1 aliphatic rings. The first-order valence-electron chi connectivity index (χ1n) is 16.5. The molecule has 0 aromatic carbocycles. The van der Waals surface area contributed by atoms with E-state index in [1.54, 1.807) is 12.1 Å². The number of hydrogen-bond acceptors (Lipinski definition) is 13. The molecule has 0 saturated carbocycles. The molecule has 0 bridgehead atoms. The minimum atomic E-state index is -4.27. The number of aliphatic hydroxyl groups excluding tert-OH is 2. The predicted octanol–water partition coefficient (Wildman–Crippen LogP) is 2.37. The zero-order valence-electron chi connectivity index (χ0n) is 28.9. The van der Waals surface area contributed by atoms with Gasteiger partial charge in [-0.25, -0.2) is 19.7 Å². The third kappa shape index (κ3) is 9.17. The molecule has 1 saturated heterocycles.